The molecule has 3 unspecified atom stereocenters. The van der Waals surface area contributed by atoms with Crippen LogP contribution in [0.5, 0.6) is 0 Å². The number of hydrogen-bond donors (Lipinski definition) is 1. The van der Waals surface area contributed by atoms with Crippen LogP contribution in [0.3, 0.4) is 0 Å². The van der Waals surface area contributed by atoms with Crippen molar-refractivity contribution in [1.29, 1.82) is 0 Å². The van der Waals surface area contributed by atoms with E-state index in [1.165, 1.54) is 58.2 Å². The first kappa shape index (κ1) is 14.3. The van der Waals surface area contributed by atoms with Gasteiger partial charge in [0.1, 0.15) is 0 Å². The summed E-state index contributed by atoms with van der Waals surface area (Å²) in [5.41, 5.74) is 0. The lowest BCUT2D eigenvalue weighted by atomic mass is 10.0. The summed E-state index contributed by atoms with van der Waals surface area (Å²) in [6, 6.07) is 1.57. The summed E-state index contributed by atoms with van der Waals surface area (Å²) in [6.45, 7) is 10.9. The van der Waals surface area contributed by atoms with Gasteiger partial charge >= 0.3 is 0 Å². The second-order valence-electron chi connectivity index (χ2n) is 6.92. The normalized spacial score (nSPS) is 36.3. The lowest BCUT2D eigenvalue weighted by molar-refractivity contribution is 0.164. The summed E-state index contributed by atoms with van der Waals surface area (Å²) < 4.78 is 0. The van der Waals surface area contributed by atoms with E-state index in [4.69, 9.17) is 0 Å². The molecule has 0 bridgehead atoms. The summed E-state index contributed by atoms with van der Waals surface area (Å²) in [5.74, 6) is 1.72. The molecular formula is C16H32N2. The van der Waals surface area contributed by atoms with Crippen molar-refractivity contribution in [2.75, 3.05) is 19.6 Å². The van der Waals surface area contributed by atoms with E-state index in [1.54, 1.807) is 0 Å². The Morgan fingerprint density at radius 2 is 1.89 bits per heavy atom. The number of nitrogens with zero attached hydrogens (tertiary/aromatic N) is 1. The van der Waals surface area contributed by atoms with Gasteiger partial charge in [0.15, 0.2) is 0 Å². The zero-order valence-electron chi connectivity index (χ0n) is 12.6. The molecule has 0 spiro atoms. The Kier molecular flexibility index (Phi) is 5.50. The minimum Gasteiger partial charge on any atom is -0.312 e. The highest BCUT2D eigenvalue weighted by Crippen LogP contribution is 2.27. The van der Waals surface area contributed by atoms with Gasteiger partial charge in [0, 0.05) is 18.6 Å². The van der Waals surface area contributed by atoms with Crippen molar-refractivity contribution >= 4 is 0 Å². The molecule has 0 amide bonds. The Balaban J connectivity index is 1.92. The second kappa shape index (κ2) is 6.91. The van der Waals surface area contributed by atoms with E-state index in [0.717, 1.165) is 17.9 Å². The van der Waals surface area contributed by atoms with Crippen LogP contribution in [0.4, 0.5) is 0 Å². The summed E-state index contributed by atoms with van der Waals surface area (Å²) in [6.07, 6.45) is 8.55. The fraction of sp³-hybridized carbons (Fsp3) is 1.00. The third-order valence-corrected chi connectivity index (χ3v) is 5.01. The molecule has 2 heteroatoms. The molecule has 0 aromatic rings. The molecule has 1 N–H and O–H groups in total. The number of hydrogen-bond acceptors (Lipinski definition) is 2. The van der Waals surface area contributed by atoms with Crippen LogP contribution in [0.25, 0.3) is 0 Å². The molecule has 0 radical (unpaired) electrons. The standard InChI is InChI=1S/C16H32N2/c1-13(2)16-12-18(11-5-10-17-16)15-7-4-6-14(3)8-9-15/h13-17H,4-12H2,1-3H3. The molecule has 0 aromatic carbocycles. The zero-order chi connectivity index (χ0) is 13.0. The Morgan fingerprint density at radius 1 is 1.06 bits per heavy atom. The Labute approximate surface area is 114 Å². The minimum atomic E-state index is 0.702. The predicted octanol–water partition coefficient (Wildman–Crippen LogP) is 3.28. The van der Waals surface area contributed by atoms with Crippen LogP contribution in [-0.2, 0) is 0 Å². The van der Waals surface area contributed by atoms with E-state index < -0.39 is 0 Å². The van der Waals surface area contributed by atoms with Gasteiger partial charge in [-0.3, -0.25) is 4.90 Å². The van der Waals surface area contributed by atoms with Crippen LogP contribution in [0.2, 0.25) is 0 Å². The molecule has 1 saturated heterocycles. The van der Waals surface area contributed by atoms with Crippen LogP contribution < -0.4 is 5.32 Å². The molecule has 106 valence electrons. The van der Waals surface area contributed by atoms with Crippen LogP contribution in [0, 0.1) is 11.8 Å². The van der Waals surface area contributed by atoms with E-state index in [9.17, 15) is 0 Å². The average Bonchev–Trinajstić information content (AvgIpc) is 2.69. The van der Waals surface area contributed by atoms with Crippen molar-refractivity contribution in [3.63, 3.8) is 0 Å². The van der Waals surface area contributed by atoms with Gasteiger partial charge in [-0.2, -0.15) is 0 Å². The fourth-order valence-corrected chi connectivity index (χ4v) is 3.59. The smallest absolute Gasteiger partial charge is 0.0218 e. The Morgan fingerprint density at radius 3 is 2.67 bits per heavy atom. The highest BCUT2D eigenvalue weighted by atomic mass is 15.2. The van der Waals surface area contributed by atoms with Crippen molar-refractivity contribution in [2.45, 2.75) is 71.4 Å². The highest BCUT2D eigenvalue weighted by Gasteiger charge is 2.27. The highest BCUT2D eigenvalue weighted by molar-refractivity contribution is 4.84. The van der Waals surface area contributed by atoms with Gasteiger partial charge in [-0.25, -0.2) is 0 Å². The molecule has 1 aliphatic carbocycles. The fourth-order valence-electron chi connectivity index (χ4n) is 3.59. The van der Waals surface area contributed by atoms with E-state index >= 15 is 0 Å². The molecule has 1 saturated carbocycles. The van der Waals surface area contributed by atoms with Gasteiger partial charge in [0.2, 0.25) is 0 Å². The summed E-state index contributed by atoms with van der Waals surface area (Å²) in [5, 5.41) is 3.73. The molecule has 1 heterocycles. The molecule has 18 heavy (non-hydrogen) atoms. The average molecular weight is 252 g/mol. The SMILES string of the molecule is CC1CCCC(N2CCCNC(C(C)C)C2)CC1. The van der Waals surface area contributed by atoms with Gasteiger partial charge in [-0.1, -0.05) is 33.6 Å². The minimum absolute atomic E-state index is 0.702. The molecule has 2 aliphatic rings. The van der Waals surface area contributed by atoms with E-state index in [1.807, 2.05) is 0 Å². The molecule has 1 aliphatic heterocycles. The molecule has 2 nitrogen and oxygen atoms in total. The third-order valence-electron chi connectivity index (χ3n) is 5.01. The third kappa shape index (κ3) is 3.96. The van der Waals surface area contributed by atoms with Gasteiger partial charge in [-0.15, -0.1) is 0 Å². The predicted molar refractivity (Wildman–Crippen MR) is 78.9 cm³/mol. The maximum absolute atomic E-state index is 3.73. The van der Waals surface area contributed by atoms with E-state index in [2.05, 4.69) is 31.0 Å². The second-order valence-corrected chi connectivity index (χ2v) is 6.92. The molecule has 0 aromatic heterocycles. The van der Waals surface area contributed by atoms with Crippen LogP contribution in [0.1, 0.15) is 59.3 Å². The topological polar surface area (TPSA) is 15.3 Å². The monoisotopic (exact) mass is 252 g/mol. The zero-order valence-corrected chi connectivity index (χ0v) is 12.6. The first-order valence-electron chi connectivity index (χ1n) is 8.14. The summed E-state index contributed by atoms with van der Waals surface area (Å²) in [7, 11) is 0. The van der Waals surface area contributed by atoms with Crippen molar-refractivity contribution in [1.82, 2.24) is 10.2 Å². The quantitative estimate of drug-likeness (QED) is 0.759. The maximum Gasteiger partial charge on any atom is 0.0218 e. The van der Waals surface area contributed by atoms with Crippen LogP contribution in [0.15, 0.2) is 0 Å². The molecule has 3 atom stereocenters. The van der Waals surface area contributed by atoms with Crippen molar-refractivity contribution in [3.8, 4) is 0 Å². The van der Waals surface area contributed by atoms with Gasteiger partial charge in [-0.05, 0) is 50.6 Å². The van der Waals surface area contributed by atoms with Crippen molar-refractivity contribution in [2.24, 2.45) is 11.8 Å². The lowest BCUT2D eigenvalue weighted by Crippen LogP contribution is -2.45. The Bertz CT molecular complexity index is 239. The van der Waals surface area contributed by atoms with E-state index in [-0.39, 0.29) is 0 Å². The number of rotatable bonds is 2. The first-order valence-corrected chi connectivity index (χ1v) is 8.14. The summed E-state index contributed by atoms with van der Waals surface area (Å²) >= 11 is 0. The largest absolute Gasteiger partial charge is 0.312 e. The molecular weight excluding hydrogens is 220 g/mol. The van der Waals surface area contributed by atoms with E-state index in [0.29, 0.717) is 6.04 Å². The lowest BCUT2D eigenvalue weighted by Gasteiger charge is -2.33. The van der Waals surface area contributed by atoms with Gasteiger partial charge < -0.3 is 5.32 Å². The number of nitrogens with one attached hydrogen (secondary N) is 1. The van der Waals surface area contributed by atoms with Crippen LogP contribution >= 0.6 is 0 Å². The molecule has 2 fully saturated rings. The Hall–Kier alpha value is -0.0800. The molecule has 2 rings (SSSR count). The first-order chi connectivity index (χ1) is 8.66. The van der Waals surface area contributed by atoms with Crippen LogP contribution in [-0.4, -0.2) is 36.6 Å². The van der Waals surface area contributed by atoms with Crippen molar-refractivity contribution in [3.05, 3.63) is 0 Å². The van der Waals surface area contributed by atoms with Gasteiger partial charge in [0.25, 0.3) is 0 Å². The van der Waals surface area contributed by atoms with Crippen molar-refractivity contribution < 1.29 is 0 Å². The maximum atomic E-state index is 3.73. The summed E-state index contributed by atoms with van der Waals surface area (Å²) in [4.78, 5) is 2.81. The van der Waals surface area contributed by atoms with Gasteiger partial charge in [0.05, 0.1) is 0 Å².